The molecule has 0 aliphatic rings. The molecular weight excluding hydrogens is 274 g/mol. The summed E-state index contributed by atoms with van der Waals surface area (Å²) in [6.45, 7) is 3.85. The van der Waals surface area contributed by atoms with Crippen LogP contribution in [0.25, 0.3) is 0 Å². The average Bonchev–Trinajstić information content (AvgIpc) is 2.47. The highest BCUT2D eigenvalue weighted by molar-refractivity contribution is 5.89. The van der Waals surface area contributed by atoms with Crippen LogP contribution in [0.2, 0.25) is 0 Å². The minimum Gasteiger partial charge on any atom is -0.473 e. The molecule has 1 aromatic rings. The van der Waals surface area contributed by atoms with Crippen LogP contribution >= 0.6 is 0 Å². The Hall–Kier alpha value is -1.63. The van der Waals surface area contributed by atoms with E-state index in [0.717, 1.165) is 0 Å². The maximum atomic E-state index is 11.5. The second-order valence-electron chi connectivity index (χ2n) is 4.92. The Labute approximate surface area is 124 Å². The van der Waals surface area contributed by atoms with Gasteiger partial charge in [0.05, 0.1) is 12.2 Å². The molecule has 3 atom stereocenters. The molecule has 0 aromatic heterocycles. The molecule has 6 heteroatoms. The maximum absolute atomic E-state index is 11.5. The van der Waals surface area contributed by atoms with Crippen LogP contribution in [0.3, 0.4) is 0 Å². The van der Waals surface area contributed by atoms with E-state index in [4.69, 9.17) is 20.3 Å². The van der Waals surface area contributed by atoms with Gasteiger partial charge < -0.3 is 19.7 Å². The Morgan fingerprint density at radius 1 is 1.33 bits per heavy atom. The fourth-order valence-electron chi connectivity index (χ4n) is 1.74. The van der Waals surface area contributed by atoms with Gasteiger partial charge >= 0.3 is 5.97 Å². The van der Waals surface area contributed by atoms with E-state index in [2.05, 4.69) is 0 Å². The zero-order chi connectivity index (χ0) is 15.8. The van der Waals surface area contributed by atoms with Crippen LogP contribution in [-0.4, -0.2) is 41.7 Å². The molecule has 3 unspecified atom stereocenters. The number of rotatable bonds is 8. The minimum atomic E-state index is -0.896. The summed E-state index contributed by atoms with van der Waals surface area (Å²) < 4.78 is 10.3. The molecule has 21 heavy (non-hydrogen) atoms. The summed E-state index contributed by atoms with van der Waals surface area (Å²) >= 11 is 0. The number of carbonyl (C=O) groups is 1. The Morgan fingerprint density at radius 3 is 2.48 bits per heavy atom. The van der Waals surface area contributed by atoms with Gasteiger partial charge in [0.2, 0.25) is 0 Å². The third-order valence-corrected chi connectivity index (χ3v) is 2.97. The van der Waals surface area contributed by atoms with Crippen molar-refractivity contribution in [1.82, 2.24) is 0 Å². The quantitative estimate of drug-likeness (QED) is 0.487. The van der Waals surface area contributed by atoms with Crippen LogP contribution in [0.15, 0.2) is 24.3 Å². The molecule has 0 aliphatic heterocycles. The minimum absolute atomic E-state index is 0.0159. The van der Waals surface area contributed by atoms with Crippen molar-refractivity contribution in [3.8, 4) is 5.75 Å². The zero-order valence-electron chi connectivity index (χ0n) is 12.4. The lowest BCUT2D eigenvalue weighted by Crippen LogP contribution is -2.41. The SMILES string of the molecule is CCOC(=O)c1ccc(OC(N)C(O)CC(C)CO)cc1. The van der Waals surface area contributed by atoms with Gasteiger partial charge in [-0.1, -0.05) is 6.92 Å². The summed E-state index contributed by atoms with van der Waals surface area (Å²) in [6.07, 6.45) is -1.43. The number of aliphatic hydroxyl groups excluding tert-OH is 2. The summed E-state index contributed by atoms with van der Waals surface area (Å²) in [5.41, 5.74) is 6.18. The Kier molecular flexibility index (Phi) is 7.14. The van der Waals surface area contributed by atoms with Gasteiger partial charge in [-0.05, 0) is 43.5 Å². The molecule has 1 aromatic carbocycles. The van der Waals surface area contributed by atoms with Gasteiger partial charge in [0.1, 0.15) is 11.9 Å². The number of nitrogens with two attached hydrogens (primary N) is 1. The van der Waals surface area contributed by atoms with Gasteiger partial charge in [-0.25, -0.2) is 4.79 Å². The number of esters is 1. The molecule has 0 bridgehead atoms. The first-order valence-corrected chi connectivity index (χ1v) is 6.96. The van der Waals surface area contributed by atoms with Crippen LogP contribution in [0.4, 0.5) is 0 Å². The van der Waals surface area contributed by atoms with Crippen molar-refractivity contribution >= 4 is 5.97 Å². The van der Waals surface area contributed by atoms with E-state index in [1.165, 1.54) is 0 Å². The first-order chi connectivity index (χ1) is 9.97. The first kappa shape index (κ1) is 17.4. The molecule has 0 saturated carbocycles. The molecule has 4 N–H and O–H groups in total. The smallest absolute Gasteiger partial charge is 0.338 e. The highest BCUT2D eigenvalue weighted by atomic mass is 16.5. The molecular formula is C15H23NO5. The van der Waals surface area contributed by atoms with Crippen molar-refractivity contribution < 1.29 is 24.5 Å². The van der Waals surface area contributed by atoms with Crippen LogP contribution < -0.4 is 10.5 Å². The van der Waals surface area contributed by atoms with E-state index in [1.54, 1.807) is 31.2 Å². The van der Waals surface area contributed by atoms with Gasteiger partial charge in [0, 0.05) is 6.61 Å². The Bertz CT molecular complexity index is 434. The average molecular weight is 297 g/mol. The van der Waals surface area contributed by atoms with Gasteiger partial charge in [-0.3, -0.25) is 5.73 Å². The van der Waals surface area contributed by atoms with Crippen molar-refractivity contribution in [1.29, 1.82) is 0 Å². The van der Waals surface area contributed by atoms with Gasteiger partial charge in [-0.15, -0.1) is 0 Å². The predicted molar refractivity (Wildman–Crippen MR) is 77.9 cm³/mol. The fourth-order valence-corrected chi connectivity index (χ4v) is 1.74. The maximum Gasteiger partial charge on any atom is 0.338 e. The number of ether oxygens (including phenoxy) is 2. The second kappa shape index (κ2) is 8.61. The van der Waals surface area contributed by atoms with Gasteiger partial charge in [-0.2, -0.15) is 0 Å². The summed E-state index contributed by atoms with van der Waals surface area (Å²) in [6, 6.07) is 6.33. The standard InChI is InChI=1S/C15H23NO5/c1-3-20-15(19)11-4-6-12(7-5-11)21-14(16)13(18)8-10(2)9-17/h4-7,10,13-14,17-18H,3,8-9,16H2,1-2H3. The van der Waals surface area contributed by atoms with E-state index < -0.39 is 18.3 Å². The van der Waals surface area contributed by atoms with Crippen molar-refractivity contribution in [3.05, 3.63) is 29.8 Å². The number of hydrogen-bond acceptors (Lipinski definition) is 6. The van der Waals surface area contributed by atoms with Crippen LogP contribution in [0.1, 0.15) is 30.6 Å². The van der Waals surface area contributed by atoms with E-state index in [-0.39, 0.29) is 12.5 Å². The number of hydrogen-bond donors (Lipinski definition) is 3. The monoisotopic (exact) mass is 297 g/mol. The molecule has 0 spiro atoms. The predicted octanol–water partition coefficient (Wildman–Crippen LogP) is 0.906. The van der Waals surface area contributed by atoms with Crippen LogP contribution in [-0.2, 0) is 4.74 Å². The lowest BCUT2D eigenvalue weighted by molar-refractivity contribution is 0.0194. The third kappa shape index (κ3) is 5.71. The van der Waals surface area contributed by atoms with Crippen LogP contribution in [0, 0.1) is 5.92 Å². The molecule has 0 aliphatic carbocycles. The zero-order valence-corrected chi connectivity index (χ0v) is 12.4. The van der Waals surface area contributed by atoms with E-state index >= 15 is 0 Å². The lowest BCUT2D eigenvalue weighted by atomic mass is 10.0. The normalized spacial score (nSPS) is 15.1. The highest BCUT2D eigenvalue weighted by Gasteiger charge is 2.19. The number of benzene rings is 1. The molecule has 6 nitrogen and oxygen atoms in total. The fraction of sp³-hybridized carbons (Fsp3) is 0.533. The van der Waals surface area contributed by atoms with E-state index in [1.807, 2.05) is 6.92 Å². The largest absolute Gasteiger partial charge is 0.473 e. The lowest BCUT2D eigenvalue weighted by Gasteiger charge is -2.22. The van der Waals surface area contributed by atoms with E-state index in [9.17, 15) is 9.90 Å². The number of aliphatic hydroxyl groups is 2. The van der Waals surface area contributed by atoms with Gasteiger partial charge in [0.25, 0.3) is 0 Å². The molecule has 0 fully saturated rings. The molecule has 118 valence electrons. The van der Waals surface area contributed by atoms with Crippen molar-refractivity contribution in [2.24, 2.45) is 11.7 Å². The van der Waals surface area contributed by atoms with Gasteiger partial charge in [0.15, 0.2) is 6.23 Å². The number of carbonyl (C=O) groups excluding carboxylic acids is 1. The molecule has 0 saturated heterocycles. The van der Waals surface area contributed by atoms with Crippen LogP contribution in [0.5, 0.6) is 5.75 Å². The summed E-state index contributed by atoms with van der Waals surface area (Å²) in [4.78, 5) is 11.5. The summed E-state index contributed by atoms with van der Waals surface area (Å²) in [7, 11) is 0. The molecule has 0 heterocycles. The molecule has 0 radical (unpaired) electrons. The van der Waals surface area contributed by atoms with Crippen molar-refractivity contribution in [3.63, 3.8) is 0 Å². The highest BCUT2D eigenvalue weighted by Crippen LogP contribution is 2.16. The Morgan fingerprint density at radius 2 is 1.95 bits per heavy atom. The summed E-state index contributed by atoms with van der Waals surface area (Å²) in [5, 5.41) is 18.8. The molecule has 1 rings (SSSR count). The second-order valence-corrected chi connectivity index (χ2v) is 4.92. The molecule has 0 amide bonds. The van der Waals surface area contributed by atoms with Crippen molar-refractivity contribution in [2.75, 3.05) is 13.2 Å². The Balaban J connectivity index is 2.56. The first-order valence-electron chi connectivity index (χ1n) is 6.96. The topological polar surface area (TPSA) is 102 Å². The summed E-state index contributed by atoms with van der Waals surface area (Å²) in [5.74, 6) is -0.00255. The van der Waals surface area contributed by atoms with Crippen molar-refractivity contribution in [2.45, 2.75) is 32.6 Å². The third-order valence-electron chi connectivity index (χ3n) is 2.97. The van der Waals surface area contributed by atoms with E-state index in [0.29, 0.717) is 24.3 Å².